The normalized spacial score (nSPS) is 16.0. The fraction of sp³-hybridized carbons (Fsp3) is 0.455. The Morgan fingerprint density at radius 1 is 1.13 bits per heavy atom. The number of aryl methyl sites for hydroxylation is 1. The highest BCUT2D eigenvalue weighted by molar-refractivity contribution is 7.12. The van der Waals surface area contributed by atoms with E-state index < -0.39 is 24.0 Å². The molecule has 1 unspecified atom stereocenters. The number of nitrogens with zero attached hydrogens (tertiary/aromatic N) is 1. The third-order valence-electron chi connectivity index (χ3n) is 5.31. The molecule has 1 aromatic carbocycles. The Balaban J connectivity index is 1.97. The Morgan fingerprint density at radius 3 is 2.32 bits per heavy atom. The summed E-state index contributed by atoms with van der Waals surface area (Å²) in [4.78, 5) is 27.6. The molecule has 1 aliphatic rings. The topological polar surface area (TPSA) is 49.4 Å². The molecule has 1 fully saturated rings. The maximum absolute atomic E-state index is 13.5. The molecule has 1 N–H and O–H groups in total. The minimum atomic E-state index is -5.11. The quantitative estimate of drug-likeness (QED) is 0.578. The summed E-state index contributed by atoms with van der Waals surface area (Å²) in [6.07, 6.45) is -0.538. The molecule has 9 heteroatoms. The van der Waals surface area contributed by atoms with Crippen molar-refractivity contribution in [3.8, 4) is 0 Å². The summed E-state index contributed by atoms with van der Waals surface area (Å²) in [5, 5.41) is 3.32. The van der Waals surface area contributed by atoms with Crippen LogP contribution in [0.3, 0.4) is 0 Å². The van der Waals surface area contributed by atoms with E-state index in [0.29, 0.717) is 20.4 Å². The molecule has 2 amide bonds. The number of carbonyl (C=O) groups is 2. The molecule has 0 spiro atoms. The van der Waals surface area contributed by atoms with E-state index in [1.807, 2.05) is 0 Å². The molecule has 31 heavy (non-hydrogen) atoms. The van der Waals surface area contributed by atoms with E-state index in [-0.39, 0.29) is 12.6 Å². The fourth-order valence-electron chi connectivity index (χ4n) is 3.78. The number of benzene rings is 1. The van der Waals surface area contributed by atoms with Crippen LogP contribution in [-0.4, -0.2) is 28.9 Å². The summed E-state index contributed by atoms with van der Waals surface area (Å²) in [6, 6.07) is 8.07. The summed E-state index contributed by atoms with van der Waals surface area (Å²) < 4.78 is 40.6. The molecule has 1 saturated carbocycles. The van der Waals surface area contributed by atoms with E-state index >= 15 is 0 Å². The Labute approximate surface area is 188 Å². The zero-order valence-electron chi connectivity index (χ0n) is 17.0. The molecule has 1 aromatic heterocycles. The van der Waals surface area contributed by atoms with Crippen molar-refractivity contribution in [2.75, 3.05) is 0 Å². The van der Waals surface area contributed by atoms with Crippen LogP contribution in [0.2, 0.25) is 5.02 Å². The van der Waals surface area contributed by atoms with Crippen molar-refractivity contribution in [1.82, 2.24) is 10.2 Å². The highest BCUT2D eigenvalue weighted by atomic mass is 35.5. The van der Waals surface area contributed by atoms with Crippen LogP contribution in [0.5, 0.6) is 0 Å². The summed E-state index contributed by atoms with van der Waals surface area (Å²) in [5.41, 5.74) is 0.450. The molecule has 4 nitrogen and oxygen atoms in total. The van der Waals surface area contributed by atoms with E-state index in [2.05, 4.69) is 5.32 Å². The molecule has 1 aliphatic carbocycles. The van der Waals surface area contributed by atoms with Gasteiger partial charge in [0.2, 0.25) is 5.91 Å². The molecule has 0 aliphatic heterocycles. The van der Waals surface area contributed by atoms with Gasteiger partial charge in [0.15, 0.2) is 0 Å². The van der Waals surface area contributed by atoms with Gasteiger partial charge in [-0.2, -0.15) is 13.2 Å². The SMILES string of the molecule is Cc1ccc(C(C(=O)NC2CCCCC2)N(Cc2ccc(Cl)cc2)C(=O)C(F)(F)F)s1. The van der Waals surface area contributed by atoms with Crippen LogP contribution in [0, 0.1) is 6.92 Å². The van der Waals surface area contributed by atoms with Crippen LogP contribution in [0.25, 0.3) is 0 Å². The molecule has 1 atom stereocenters. The number of halogens is 4. The Kier molecular flexibility index (Phi) is 7.64. The van der Waals surface area contributed by atoms with Gasteiger partial charge in [0.25, 0.3) is 0 Å². The van der Waals surface area contributed by atoms with E-state index in [0.717, 1.165) is 37.0 Å². The molecule has 3 rings (SSSR count). The number of alkyl halides is 3. The summed E-state index contributed by atoms with van der Waals surface area (Å²) in [5.74, 6) is -2.63. The lowest BCUT2D eigenvalue weighted by Crippen LogP contribution is -2.49. The average molecular weight is 473 g/mol. The number of carbonyl (C=O) groups excluding carboxylic acids is 2. The molecule has 168 valence electrons. The van der Waals surface area contributed by atoms with Gasteiger partial charge < -0.3 is 10.2 Å². The standard InChI is InChI=1S/C22H24ClF3N2O2S/c1-14-7-12-18(31-14)19(20(29)27-17-5-3-2-4-6-17)28(21(30)22(24,25)26)13-15-8-10-16(23)11-9-15/h7-12,17,19H,2-6,13H2,1H3,(H,27,29). The second kappa shape index (κ2) is 10.0. The van der Waals surface area contributed by atoms with Crippen LogP contribution in [-0.2, 0) is 16.1 Å². The van der Waals surface area contributed by atoms with E-state index in [9.17, 15) is 22.8 Å². The van der Waals surface area contributed by atoms with Crippen LogP contribution in [0.15, 0.2) is 36.4 Å². The van der Waals surface area contributed by atoms with Crippen molar-refractivity contribution in [1.29, 1.82) is 0 Å². The number of hydrogen-bond donors (Lipinski definition) is 1. The molecule has 0 saturated heterocycles. The van der Waals surface area contributed by atoms with Gasteiger partial charge in [-0.15, -0.1) is 11.3 Å². The first-order valence-corrected chi connectivity index (χ1v) is 11.3. The lowest BCUT2D eigenvalue weighted by Gasteiger charge is -2.33. The van der Waals surface area contributed by atoms with Gasteiger partial charge in [-0.3, -0.25) is 9.59 Å². The zero-order valence-corrected chi connectivity index (χ0v) is 18.6. The van der Waals surface area contributed by atoms with Crippen LogP contribution >= 0.6 is 22.9 Å². The first kappa shape index (κ1) is 23.6. The molecule has 1 heterocycles. The predicted octanol–water partition coefficient (Wildman–Crippen LogP) is 5.79. The number of hydrogen-bond acceptors (Lipinski definition) is 3. The van der Waals surface area contributed by atoms with Gasteiger partial charge in [-0.05, 0) is 49.6 Å². The Hall–Kier alpha value is -2.06. The Morgan fingerprint density at radius 2 is 1.77 bits per heavy atom. The Bertz CT molecular complexity index is 908. The average Bonchev–Trinajstić information content (AvgIpc) is 3.14. The molecule has 2 aromatic rings. The summed E-state index contributed by atoms with van der Waals surface area (Å²) >= 11 is 7.09. The number of thiophene rings is 1. The van der Waals surface area contributed by atoms with Crippen molar-refractivity contribution >= 4 is 34.8 Å². The van der Waals surface area contributed by atoms with Crippen molar-refractivity contribution in [3.05, 3.63) is 56.7 Å². The maximum atomic E-state index is 13.5. The smallest absolute Gasteiger partial charge is 0.351 e. The van der Waals surface area contributed by atoms with Crippen molar-refractivity contribution in [3.63, 3.8) is 0 Å². The van der Waals surface area contributed by atoms with Gasteiger partial charge in [0, 0.05) is 27.4 Å². The highest BCUT2D eigenvalue weighted by Gasteiger charge is 2.47. The van der Waals surface area contributed by atoms with Crippen LogP contribution in [0.4, 0.5) is 13.2 Å². The van der Waals surface area contributed by atoms with Gasteiger partial charge in [0.05, 0.1) is 0 Å². The van der Waals surface area contributed by atoms with Crippen LogP contribution < -0.4 is 5.32 Å². The lowest BCUT2D eigenvalue weighted by molar-refractivity contribution is -0.189. The van der Waals surface area contributed by atoms with Crippen molar-refractivity contribution in [2.24, 2.45) is 0 Å². The van der Waals surface area contributed by atoms with Gasteiger partial charge >= 0.3 is 12.1 Å². The number of amides is 2. The third kappa shape index (κ3) is 6.23. The highest BCUT2D eigenvalue weighted by Crippen LogP contribution is 2.33. The monoisotopic (exact) mass is 472 g/mol. The largest absolute Gasteiger partial charge is 0.471 e. The first-order valence-electron chi connectivity index (χ1n) is 10.1. The number of nitrogens with one attached hydrogen (secondary N) is 1. The summed E-state index contributed by atoms with van der Waals surface area (Å²) in [6.45, 7) is 1.44. The molecule has 0 bridgehead atoms. The van der Waals surface area contributed by atoms with Gasteiger partial charge in [-0.25, -0.2) is 0 Å². The zero-order chi connectivity index (χ0) is 22.6. The minimum absolute atomic E-state index is 0.0943. The summed E-state index contributed by atoms with van der Waals surface area (Å²) in [7, 11) is 0. The van der Waals surface area contributed by atoms with E-state index in [1.54, 1.807) is 43.3 Å². The third-order valence-corrected chi connectivity index (χ3v) is 6.62. The van der Waals surface area contributed by atoms with Gasteiger partial charge in [-0.1, -0.05) is 43.0 Å². The lowest BCUT2D eigenvalue weighted by atomic mass is 9.95. The van der Waals surface area contributed by atoms with E-state index in [1.165, 1.54) is 11.3 Å². The minimum Gasteiger partial charge on any atom is -0.351 e. The fourth-order valence-corrected chi connectivity index (χ4v) is 4.90. The second-order valence-electron chi connectivity index (χ2n) is 7.75. The number of rotatable bonds is 6. The first-order chi connectivity index (χ1) is 14.6. The molecule has 0 radical (unpaired) electrons. The maximum Gasteiger partial charge on any atom is 0.471 e. The van der Waals surface area contributed by atoms with Crippen LogP contribution in [0.1, 0.15) is 53.5 Å². The van der Waals surface area contributed by atoms with Gasteiger partial charge in [0.1, 0.15) is 6.04 Å². The predicted molar refractivity (Wildman–Crippen MR) is 115 cm³/mol. The molecular weight excluding hydrogens is 449 g/mol. The van der Waals surface area contributed by atoms with Crippen molar-refractivity contribution < 1.29 is 22.8 Å². The second-order valence-corrected chi connectivity index (χ2v) is 9.51. The molecular formula is C22H24ClF3N2O2S. The van der Waals surface area contributed by atoms with Crippen molar-refractivity contribution in [2.45, 2.75) is 63.8 Å². The van der Waals surface area contributed by atoms with E-state index in [4.69, 9.17) is 11.6 Å².